The Morgan fingerprint density at radius 1 is 1.36 bits per heavy atom. The number of nitrogens with one attached hydrogen (secondary N) is 1. The second-order valence-electron chi connectivity index (χ2n) is 6.80. The van der Waals surface area contributed by atoms with Crippen molar-refractivity contribution in [2.75, 3.05) is 43.1 Å². The number of carbonyl (C=O) groups excluding carboxylic acids is 1. The molecular weight excluding hydrogens is 336 g/mol. The molecule has 2 fully saturated rings. The number of ether oxygens (including phenoxy) is 1. The number of hydrogen-bond donors (Lipinski definition) is 2. The molecular formula is C18H24N4O2S. The van der Waals surface area contributed by atoms with Crippen molar-refractivity contribution in [1.82, 2.24) is 4.98 Å². The third-order valence-electron chi connectivity index (χ3n) is 5.22. The van der Waals surface area contributed by atoms with Gasteiger partial charge in [0.15, 0.2) is 5.13 Å². The first-order chi connectivity index (χ1) is 12.2. The lowest BCUT2D eigenvalue weighted by atomic mass is 9.95. The summed E-state index contributed by atoms with van der Waals surface area (Å²) in [5.41, 5.74) is 7.63. The first kappa shape index (κ1) is 16.8. The molecule has 3 N–H and O–H groups in total. The first-order valence-corrected chi connectivity index (χ1v) is 9.80. The molecule has 7 heteroatoms. The maximum atomic E-state index is 12.6. The standard InChI is InChI=1S/C18H24N4O2S/c19-11-12-2-1-3-14(12)17(23)20-13-4-5-15-16(10-13)25-18(21-15)22-6-8-24-9-7-22/h4-5,10,12,14H,1-3,6-9,11,19H2,(H,20,23)/t12-,14-/m1/s1. The zero-order chi connectivity index (χ0) is 17.2. The highest BCUT2D eigenvalue weighted by Crippen LogP contribution is 2.34. The molecule has 2 aliphatic rings. The van der Waals surface area contributed by atoms with Gasteiger partial charge in [0.05, 0.1) is 23.4 Å². The number of aromatic nitrogens is 1. The van der Waals surface area contributed by atoms with Crippen LogP contribution in [0, 0.1) is 11.8 Å². The van der Waals surface area contributed by atoms with Gasteiger partial charge < -0.3 is 20.7 Å². The van der Waals surface area contributed by atoms with Gasteiger partial charge in [0, 0.05) is 24.7 Å². The molecule has 1 aliphatic carbocycles. The molecule has 1 amide bonds. The molecule has 2 atom stereocenters. The van der Waals surface area contributed by atoms with Crippen LogP contribution in [0.2, 0.25) is 0 Å². The van der Waals surface area contributed by atoms with Crippen LogP contribution in [0.5, 0.6) is 0 Å². The maximum Gasteiger partial charge on any atom is 0.227 e. The summed E-state index contributed by atoms with van der Waals surface area (Å²) in [7, 11) is 0. The van der Waals surface area contributed by atoms with E-state index < -0.39 is 0 Å². The van der Waals surface area contributed by atoms with Crippen molar-refractivity contribution in [3.05, 3.63) is 18.2 Å². The van der Waals surface area contributed by atoms with Crippen LogP contribution in [0.1, 0.15) is 19.3 Å². The number of rotatable bonds is 4. The molecule has 1 saturated heterocycles. The third kappa shape index (κ3) is 3.49. The fourth-order valence-electron chi connectivity index (χ4n) is 3.78. The number of benzene rings is 1. The predicted octanol–water partition coefficient (Wildman–Crippen LogP) is 2.45. The third-order valence-corrected chi connectivity index (χ3v) is 6.30. The van der Waals surface area contributed by atoms with E-state index in [4.69, 9.17) is 15.5 Å². The van der Waals surface area contributed by atoms with Crippen LogP contribution < -0.4 is 16.0 Å². The van der Waals surface area contributed by atoms with Crippen molar-refractivity contribution >= 4 is 38.3 Å². The number of amides is 1. The first-order valence-electron chi connectivity index (χ1n) is 8.99. The fraction of sp³-hybridized carbons (Fsp3) is 0.556. The largest absolute Gasteiger partial charge is 0.378 e. The lowest BCUT2D eigenvalue weighted by molar-refractivity contribution is -0.120. The minimum absolute atomic E-state index is 0.0473. The van der Waals surface area contributed by atoms with Crippen LogP contribution >= 0.6 is 11.3 Å². The molecule has 2 heterocycles. The van der Waals surface area contributed by atoms with Crippen LogP contribution in [0.25, 0.3) is 10.2 Å². The molecule has 4 rings (SSSR count). The van der Waals surface area contributed by atoms with Crippen molar-refractivity contribution in [2.45, 2.75) is 19.3 Å². The van der Waals surface area contributed by atoms with Gasteiger partial charge in [0.25, 0.3) is 0 Å². The Labute approximate surface area is 151 Å². The molecule has 1 aliphatic heterocycles. The molecule has 0 radical (unpaired) electrons. The van der Waals surface area contributed by atoms with Crippen LogP contribution in [0.15, 0.2) is 18.2 Å². The van der Waals surface area contributed by atoms with Crippen molar-refractivity contribution < 1.29 is 9.53 Å². The molecule has 1 saturated carbocycles. The van der Waals surface area contributed by atoms with E-state index >= 15 is 0 Å². The molecule has 0 unspecified atom stereocenters. The predicted molar refractivity (Wildman–Crippen MR) is 101 cm³/mol. The summed E-state index contributed by atoms with van der Waals surface area (Å²) in [6, 6.07) is 5.96. The zero-order valence-electron chi connectivity index (χ0n) is 14.2. The van der Waals surface area contributed by atoms with E-state index in [2.05, 4.69) is 10.2 Å². The second kappa shape index (κ2) is 7.27. The summed E-state index contributed by atoms with van der Waals surface area (Å²) in [6.45, 7) is 3.86. The van der Waals surface area contributed by atoms with Crippen LogP contribution in [0.3, 0.4) is 0 Å². The van der Waals surface area contributed by atoms with E-state index in [1.165, 1.54) is 0 Å². The number of fused-ring (bicyclic) bond motifs is 1. The van der Waals surface area contributed by atoms with Gasteiger partial charge in [0.1, 0.15) is 0 Å². The minimum atomic E-state index is 0.0473. The highest BCUT2D eigenvalue weighted by molar-refractivity contribution is 7.22. The van der Waals surface area contributed by atoms with Gasteiger partial charge in [-0.3, -0.25) is 4.79 Å². The van der Waals surface area contributed by atoms with Crippen LogP contribution in [-0.2, 0) is 9.53 Å². The van der Waals surface area contributed by atoms with Crippen molar-refractivity contribution in [3.63, 3.8) is 0 Å². The summed E-state index contributed by atoms with van der Waals surface area (Å²) >= 11 is 1.67. The van der Waals surface area contributed by atoms with Crippen LogP contribution in [0.4, 0.5) is 10.8 Å². The molecule has 6 nitrogen and oxygen atoms in total. The second-order valence-corrected chi connectivity index (χ2v) is 7.81. The Morgan fingerprint density at radius 2 is 2.20 bits per heavy atom. The average Bonchev–Trinajstić information content (AvgIpc) is 3.28. The van der Waals surface area contributed by atoms with E-state index in [1.54, 1.807) is 11.3 Å². The van der Waals surface area contributed by atoms with E-state index in [1.807, 2.05) is 18.2 Å². The highest BCUT2D eigenvalue weighted by Gasteiger charge is 2.31. The lowest BCUT2D eigenvalue weighted by Gasteiger charge is -2.25. The lowest BCUT2D eigenvalue weighted by Crippen LogP contribution is -2.36. The molecule has 0 spiro atoms. The number of carbonyl (C=O) groups is 1. The summed E-state index contributed by atoms with van der Waals surface area (Å²) in [6.07, 6.45) is 3.10. The summed E-state index contributed by atoms with van der Waals surface area (Å²) in [5, 5.41) is 4.11. The van der Waals surface area contributed by atoms with Gasteiger partial charge in [-0.1, -0.05) is 17.8 Å². The van der Waals surface area contributed by atoms with E-state index in [-0.39, 0.29) is 11.8 Å². The van der Waals surface area contributed by atoms with Gasteiger partial charge in [-0.05, 0) is 43.5 Å². The smallest absolute Gasteiger partial charge is 0.227 e. The minimum Gasteiger partial charge on any atom is -0.378 e. The average molecular weight is 360 g/mol. The van der Waals surface area contributed by atoms with Gasteiger partial charge in [0.2, 0.25) is 5.91 Å². The quantitative estimate of drug-likeness (QED) is 0.875. The van der Waals surface area contributed by atoms with Crippen molar-refractivity contribution in [3.8, 4) is 0 Å². The van der Waals surface area contributed by atoms with Gasteiger partial charge >= 0.3 is 0 Å². The molecule has 1 aromatic carbocycles. The molecule has 0 bridgehead atoms. The Balaban J connectivity index is 1.49. The number of hydrogen-bond acceptors (Lipinski definition) is 6. The zero-order valence-corrected chi connectivity index (χ0v) is 15.1. The monoisotopic (exact) mass is 360 g/mol. The Kier molecular flexibility index (Phi) is 4.87. The molecule has 2 aromatic rings. The van der Waals surface area contributed by atoms with Gasteiger partial charge in [-0.2, -0.15) is 0 Å². The Bertz CT molecular complexity index is 757. The SMILES string of the molecule is NC[C@H]1CCC[C@H]1C(=O)Nc1ccc2nc(N3CCOCC3)sc2c1. The maximum absolute atomic E-state index is 12.6. The number of morpholine rings is 1. The summed E-state index contributed by atoms with van der Waals surface area (Å²) in [4.78, 5) is 19.6. The molecule has 1 aromatic heterocycles. The fourth-order valence-corrected chi connectivity index (χ4v) is 4.84. The Morgan fingerprint density at radius 3 is 3.00 bits per heavy atom. The topological polar surface area (TPSA) is 80.5 Å². The van der Waals surface area contributed by atoms with Gasteiger partial charge in [-0.15, -0.1) is 0 Å². The molecule has 25 heavy (non-hydrogen) atoms. The van der Waals surface area contributed by atoms with Crippen LogP contribution in [-0.4, -0.2) is 43.7 Å². The van der Waals surface area contributed by atoms with Gasteiger partial charge in [-0.25, -0.2) is 4.98 Å². The number of nitrogens with two attached hydrogens (primary N) is 1. The normalized spacial score (nSPS) is 24.0. The number of nitrogens with zero attached hydrogens (tertiary/aromatic N) is 2. The number of thiazole rings is 1. The van der Waals surface area contributed by atoms with E-state index in [0.717, 1.165) is 66.6 Å². The summed E-state index contributed by atoms with van der Waals surface area (Å²) < 4.78 is 6.50. The number of anilines is 2. The van der Waals surface area contributed by atoms with Crippen molar-refractivity contribution in [2.24, 2.45) is 17.6 Å². The van der Waals surface area contributed by atoms with Crippen molar-refractivity contribution in [1.29, 1.82) is 0 Å². The highest BCUT2D eigenvalue weighted by atomic mass is 32.1. The van der Waals surface area contributed by atoms with E-state index in [0.29, 0.717) is 12.5 Å². The molecule has 134 valence electrons. The van der Waals surface area contributed by atoms with E-state index in [9.17, 15) is 4.79 Å². The Hall–Kier alpha value is -1.70. The summed E-state index contributed by atoms with van der Waals surface area (Å²) in [5.74, 6) is 0.469.